The van der Waals surface area contributed by atoms with Crippen LogP contribution in [-0.4, -0.2) is 73.5 Å². The number of ether oxygens (including phenoxy) is 1. The van der Waals surface area contributed by atoms with Crippen molar-refractivity contribution in [2.45, 2.75) is 24.3 Å². The van der Waals surface area contributed by atoms with Crippen LogP contribution in [-0.2, 0) is 24.5 Å². The van der Waals surface area contributed by atoms with Crippen molar-refractivity contribution < 1.29 is 19.1 Å². The lowest BCUT2D eigenvalue weighted by Crippen LogP contribution is -2.65. The molecule has 2 aliphatic rings. The Kier molecular flexibility index (Phi) is 6.14. The number of benzene rings is 1. The maximum absolute atomic E-state index is 13.5. The molecule has 28 heavy (non-hydrogen) atoms. The van der Waals surface area contributed by atoms with Crippen LogP contribution >= 0.6 is 0 Å². The first-order valence-corrected chi connectivity index (χ1v) is 9.54. The zero-order valence-corrected chi connectivity index (χ0v) is 16.2. The minimum absolute atomic E-state index is 0.0194. The average molecular weight is 385 g/mol. The molecule has 0 spiro atoms. The second-order valence-corrected chi connectivity index (χ2v) is 7.39. The van der Waals surface area contributed by atoms with Crippen molar-refractivity contribution in [1.29, 1.82) is 0 Å². The lowest BCUT2D eigenvalue weighted by atomic mass is 9.71. The number of carbonyl (C=O) groups is 3. The predicted octanol–water partition coefficient (Wildman–Crippen LogP) is 0.706. The van der Waals surface area contributed by atoms with Crippen LogP contribution in [0, 0.1) is 0 Å². The van der Waals surface area contributed by atoms with Crippen molar-refractivity contribution in [2.24, 2.45) is 0 Å². The Morgan fingerprint density at radius 3 is 2.39 bits per heavy atom. The number of amides is 3. The molecule has 0 radical (unpaired) electrons. The molecule has 0 aromatic heterocycles. The standard InChI is InChI=1S/C21H27N3O4/c1-3-19(26)23-11-9-21(10-12-23,16-7-5-4-6-8-16)20(27)24-13-17(14-24)22-18(25)15-28-2/h3-8,17H,1,9-15H2,2H3,(H,22,25). The molecule has 1 N–H and O–H groups in total. The van der Waals surface area contributed by atoms with Gasteiger partial charge in [-0.05, 0) is 24.5 Å². The van der Waals surface area contributed by atoms with Crippen molar-refractivity contribution in [2.75, 3.05) is 39.9 Å². The van der Waals surface area contributed by atoms with E-state index in [1.807, 2.05) is 30.3 Å². The van der Waals surface area contributed by atoms with Gasteiger partial charge >= 0.3 is 0 Å². The third-order valence-corrected chi connectivity index (χ3v) is 5.65. The Balaban J connectivity index is 1.71. The Hall–Kier alpha value is -2.67. The minimum Gasteiger partial charge on any atom is -0.375 e. The van der Waals surface area contributed by atoms with Crippen LogP contribution in [0.3, 0.4) is 0 Å². The van der Waals surface area contributed by atoms with E-state index in [1.54, 1.807) is 9.80 Å². The molecule has 150 valence electrons. The fourth-order valence-corrected chi connectivity index (χ4v) is 4.06. The number of hydrogen-bond acceptors (Lipinski definition) is 4. The third kappa shape index (κ3) is 3.94. The number of piperidine rings is 1. The zero-order valence-electron chi connectivity index (χ0n) is 16.2. The van der Waals surface area contributed by atoms with Gasteiger partial charge in [0.05, 0.1) is 11.5 Å². The van der Waals surface area contributed by atoms with Gasteiger partial charge in [-0.25, -0.2) is 0 Å². The van der Waals surface area contributed by atoms with Gasteiger partial charge in [-0.15, -0.1) is 0 Å². The fourth-order valence-electron chi connectivity index (χ4n) is 4.06. The highest BCUT2D eigenvalue weighted by Crippen LogP contribution is 2.38. The summed E-state index contributed by atoms with van der Waals surface area (Å²) in [6.07, 6.45) is 2.47. The van der Waals surface area contributed by atoms with Crippen LogP contribution in [0.2, 0.25) is 0 Å². The molecular weight excluding hydrogens is 358 g/mol. The highest BCUT2D eigenvalue weighted by Gasteiger charge is 2.48. The van der Waals surface area contributed by atoms with E-state index in [2.05, 4.69) is 11.9 Å². The van der Waals surface area contributed by atoms with Gasteiger partial charge in [0.25, 0.3) is 0 Å². The molecule has 1 aromatic rings. The summed E-state index contributed by atoms with van der Waals surface area (Å²) in [5, 5.41) is 2.87. The minimum atomic E-state index is -0.638. The Morgan fingerprint density at radius 1 is 1.18 bits per heavy atom. The Bertz CT molecular complexity index is 735. The molecule has 0 bridgehead atoms. The first kappa shape index (κ1) is 20.1. The number of hydrogen-bond donors (Lipinski definition) is 1. The summed E-state index contributed by atoms with van der Waals surface area (Å²) in [5.41, 5.74) is 0.346. The SMILES string of the molecule is C=CC(=O)N1CCC(C(=O)N2CC(NC(=O)COC)C2)(c2ccccc2)CC1. The van der Waals surface area contributed by atoms with E-state index in [0.29, 0.717) is 39.0 Å². The summed E-state index contributed by atoms with van der Waals surface area (Å²) >= 11 is 0. The summed E-state index contributed by atoms with van der Waals surface area (Å²) in [5.74, 6) is -0.200. The van der Waals surface area contributed by atoms with Gasteiger partial charge in [-0.1, -0.05) is 36.9 Å². The molecule has 0 unspecified atom stereocenters. The molecule has 3 amide bonds. The van der Waals surface area contributed by atoms with E-state index < -0.39 is 5.41 Å². The Morgan fingerprint density at radius 2 is 1.82 bits per heavy atom. The summed E-state index contributed by atoms with van der Waals surface area (Å²) in [6, 6.07) is 9.75. The summed E-state index contributed by atoms with van der Waals surface area (Å²) in [6.45, 7) is 5.61. The van der Waals surface area contributed by atoms with Gasteiger partial charge in [0.15, 0.2) is 0 Å². The molecule has 0 saturated carbocycles. The molecule has 0 aliphatic carbocycles. The van der Waals surface area contributed by atoms with Crippen molar-refractivity contribution in [3.8, 4) is 0 Å². The first-order chi connectivity index (χ1) is 13.5. The van der Waals surface area contributed by atoms with Gasteiger partial charge < -0.3 is 19.9 Å². The van der Waals surface area contributed by atoms with Crippen molar-refractivity contribution in [1.82, 2.24) is 15.1 Å². The molecule has 3 rings (SSSR count). The largest absolute Gasteiger partial charge is 0.375 e. The third-order valence-electron chi connectivity index (χ3n) is 5.65. The highest BCUT2D eigenvalue weighted by atomic mass is 16.5. The fraction of sp³-hybridized carbons (Fsp3) is 0.476. The maximum Gasteiger partial charge on any atom is 0.246 e. The van der Waals surface area contributed by atoms with Gasteiger partial charge in [0.1, 0.15) is 6.61 Å². The molecule has 2 fully saturated rings. The van der Waals surface area contributed by atoms with Gasteiger partial charge in [-0.2, -0.15) is 0 Å². The number of nitrogens with zero attached hydrogens (tertiary/aromatic N) is 2. The van der Waals surface area contributed by atoms with Crippen molar-refractivity contribution in [3.63, 3.8) is 0 Å². The number of methoxy groups -OCH3 is 1. The molecule has 2 saturated heterocycles. The molecule has 2 aliphatic heterocycles. The molecule has 7 heteroatoms. The van der Waals surface area contributed by atoms with E-state index in [4.69, 9.17) is 4.74 Å². The number of carbonyl (C=O) groups excluding carboxylic acids is 3. The number of nitrogens with one attached hydrogen (secondary N) is 1. The number of rotatable bonds is 6. The smallest absolute Gasteiger partial charge is 0.246 e. The van der Waals surface area contributed by atoms with Gasteiger partial charge in [-0.3, -0.25) is 14.4 Å². The highest BCUT2D eigenvalue weighted by molar-refractivity contribution is 5.91. The second-order valence-electron chi connectivity index (χ2n) is 7.39. The second kappa shape index (κ2) is 8.56. The van der Waals surface area contributed by atoms with Crippen LogP contribution in [0.4, 0.5) is 0 Å². The van der Waals surface area contributed by atoms with Crippen LogP contribution in [0.5, 0.6) is 0 Å². The van der Waals surface area contributed by atoms with Crippen molar-refractivity contribution >= 4 is 17.7 Å². The Labute approximate surface area is 165 Å². The van der Waals surface area contributed by atoms with Crippen molar-refractivity contribution in [3.05, 3.63) is 48.6 Å². The monoisotopic (exact) mass is 385 g/mol. The van der Waals surface area contributed by atoms with E-state index in [9.17, 15) is 14.4 Å². The van der Waals surface area contributed by atoms with E-state index in [1.165, 1.54) is 13.2 Å². The quantitative estimate of drug-likeness (QED) is 0.732. The lowest BCUT2D eigenvalue weighted by Gasteiger charge is -2.48. The molecular formula is C21H27N3O4. The maximum atomic E-state index is 13.5. The van der Waals surface area contributed by atoms with Gasteiger partial charge in [0.2, 0.25) is 17.7 Å². The van der Waals surface area contributed by atoms with Crippen LogP contribution in [0.15, 0.2) is 43.0 Å². The molecule has 1 aromatic carbocycles. The van der Waals surface area contributed by atoms with Gasteiger partial charge in [0, 0.05) is 33.3 Å². The zero-order chi connectivity index (χ0) is 20.1. The normalized spacial score (nSPS) is 18.9. The molecule has 7 nitrogen and oxygen atoms in total. The van der Waals surface area contributed by atoms with E-state index in [-0.39, 0.29) is 30.4 Å². The van der Waals surface area contributed by atoms with Crippen LogP contribution in [0.25, 0.3) is 0 Å². The lowest BCUT2D eigenvalue weighted by molar-refractivity contribution is -0.147. The summed E-state index contributed by atoms with van der Waals surface area (Å²) in [4.78, 5) is 40.6. The van der Waals surface area contributed by atoms with Crippen LogP contribution < -0.4 is 5.32 Å². The predicted molar refractivity (Wildman–Crippen MR) is 105 cm³/mol. The van der Waals surface area contributed by atoms with E-state index in [0.717, 1.165) is 5.56 Å². The number of likely N-dealkylation sites (tertiary alicyclic amines) is 2. The summed E-state index contributed by atoms with van der Waals surface area (Å²) in [7, 11) is 1.48. The topological polar surface area (TPSA) is 79.0 Å². The summed E-state index contributed by atoms with van der Waals surface area (Å²) < 4.78 is 4.82. The first-order valence-electron chi connectivity index (χ1n) is 9.54. The molecule has 0 atom stereocenters. The average Bonchev–Trinajstić information content (AvgIpc) is 2.70. The molecule has 2 heterocycles. The van der Waals surface area contributed by atoms with E-state index >= 15 is 0 Å². The van der Waals surface area contributed by atoms with Crippen LogP contribution in [0.1, 0.15) is 18.4 Å².